The van der Waals surface area contributed by atoms with Crippen LogP contribution in [0.25, 0.3) is 0 Å². The zero-order valence-electron chi connectivity index (χ0n) is 5.11. The molecule has 0 aromatic carbocycles. The lowest BCUT2D eigenvalue weighted by Crippen LogP contribution is -1.89. The summed E-state index contributed by atoms with van der Waals surface area (Å²) in [5, 5.41) is 0. The number of rotatable bonds is 2. The van der Waals surface area contributed by atoms with Crippen LogP contribution in [-0.4, -0.2) is 5.78 Å². The molecule has 0 amide bonds. The molecule has 1 nitrogen and oxygen atoms in total. The van der Waals surface area contributed by atoms with Gasteiger partial charge in [-0.05, 0) is 19.3 Å². The van der Waals surface area contributed by atoms with E-state index in [-0.39, 0.29) is 5.78 Å². The van der Waals surface area contributed by atoms with Crippen LogP contribution in [0.3, 0.4) is 0 Å². The number of carbonyl (C=O) groups excluding carboxylic acids is 1. The highest BCUT2D eigenvalue weighted by Gasteiger charge is 2.27. The Morgan fingerprint density at radius 3 is 2.62 bits per heavy atom. The molecule has 0 spiro atoms. The van der Waals surface area contributed by atoms with Gasteiger partial charge >= 0.3 is 0 Å². The minimum Gasteiger partial charge on any atom is -0.300 e. The van der Waals surface area contributed by atoms with E-state index < -0.39 is 0 Å². The number of allylic oxidation sites excluding steroid dienone is 1. The number of hydrogen-bond acceptors (Lipinski definition) is 1. The predicted octanol–water partition coefficient (Wildman–Crippen LogP) is 1.54. The van der Waals surface area contributed by atoms with E-state index in [0.717, 1.165) is 12.8 Å². The van der Waals surface area contributed by atoms with Gasteiger partial charge < -0.3 is 4.79 Å². The van der Waals surface area contributed by atoms with Crippen molar-refractivity contribution < 1.29 is 4.79 Å². The second kappa shape index (κ2) is 1.73. The number of carbonyl (C=O) groups is 1. The zero-order chi connectivity index (χ0) is 6.15. The van der Waals surface area contributed by atoms with Crippen molar-refractivity contribution in [3.8, 4) is 0 Å². The van der Waals surface area contributed by atoms with E-state index in [0.29, 0.717) is 5.92 Å². The topological polar surface area (TPSA) is 17.1 Å². The summed E-state index contributed by atoms with van der Waals surface area (Å²) < 4.78 is 0. The van der Waals surface area contributed by atoms with Gasteiger partial charge in [-0.2, -0.15) is 0 Å². The van der Waals surface area contributed by atoms with Crippen molar-refractivity contribution in [2.45, 2.75) is 19.8 Å². The van der Waals surface area contributed by atoms with Crippen molar-refractivity contribution in [1.29, 1.82) is 0 Å². The molecule has 0 aliphatic heterocycles. The summed E-state index contributed by atoms with van der Waals surface area (Å²) >= 11 is 0. The quantitative estimate of drug-likeness (QED) is 0.493. The fraction of sp³-hybridized carbons (Fsp3) is 0.571. The largest absolute Gasteiger partial charge is 0.300 e. The smallest absolute Gasteiger partial charge is 0.130 e. The highest BCUT2D eigenvalue weighted by Crippen LogP contribution is 2.38. The fourth-order valence-corrected chi connectivity index (χ4v) is 0.821. The van der Waals surface area contributed by atoms with Crippen LogP contribution in [0, 0.1) is 5.92 Å². The maximum absolute atomic E-state index is 10.4. The van der Waals surface area contributed by atoms with Crippen molar-refractivity contribution >= 4 is 5.78 Å². The van der Waals surface area contributed by atoms with E-state index in [1.165, 1.54) is 5.57 Å². The van der Waals surface area contributed by atoms with Gasteiger partial charge in [0.05, 0.1) is 0 Å². The third-order valence-corrected chi connectivity index (χ3v) is 1.46. The van der Waals surface area contributed by atoms with Gasteiger partial charge in [-0.15, -0.1) is 0 Å². The molecule has 1 heteroatoms. The first-order chi connectivity index (χ1) is 3.70. The van der Waals surface area contributed by atoms with Crippen LogP contribution in [-0.2, 0) is 4.79 Å². The third-order valence-electron chi connectivity index (χ3n) is 1.46. The Bertz CT molecular complexity index is 135. The summed E-state index contributed by atoms with van der Waals surface area (Å²) in [6.45, 7) is 5.38. The van der Waals surface area contributed by atoms with Crippen molar-refractivity contribution in [2.24, 2.45) is 5.92 Å². The maximum Gasteiger partial charge on any atom is 0.130 e. The first-order valence-electron chi connectivity index (χ1n) is 2.87. The monoisotopic (exact) mass is 110 g/mol. The van der Waals surface area contributed by atoms with E-state index in [2.05, 4.69) is 6.58 Å². The summed E-state index contributed by atoms with van der Waals surface area (Å²) in [4.78, 5) is 10.4. The SMILES string of the molecule is C=C1CC1CC(C)=O. The van der Waals surface area contributed by atoms with Crippen LogP contribution < -0.4 is 0 Å². The minimum atomic E-state index is 0.286. The second-order valence-electron chi connectivity index (χ2n) is 2.47. The van der Waals surface area contributed by atoms with Gasteiger partial charge in [-0.25, -0.2) is 0 Å². The first-order valence-corrected chi connectivity index (χ1v) is 2.87. The van der Waals surface area contributed by atoms with Crippen LogP contribution in [0.5, 0.6) is 0 Å². The highest BCUT2D eigenvalue weighted by molar-refractivity contribution is 5.76. The lowest BCUT2D eigenvalue weighted by atomic mass is 10.2. The Morgan fingerprint density at radius 2 is 2.50 bits per heavy atom. The Kier molecular flexibility index (Phi) is 1.20. The molecular weight excluding hydrogens is 100 g/mol. The van der Waals surface area contributed by atoms with Crippen molar-refractivity contribution in [3.63, 3.8) is 0 Å². The molecule has 0 aromatic rings. The van der Waals surface area contributed by atoms with Crippen molar-refractivity contribution in [1.82, 2.24) is 0 Å². The van der Waals surface area contributed by atoms with E-state index >= 15 is 0 Å². The molecule has 1 unspecified atom stereocenters. The van der Waals surface area contributed by atoms with Gasteiger partial charge in [-0.3, -0.25) is 0 Å². The highest BCUT2D eigenvalue weighted by atomic mass is 16.1. The van der Waals surface area contributed by atoms with E-state index in [1.807, 2.05) is 0 Å². The average molecular weight is 110 g/mol. The molecule has 1 aliphatic carbocycles. The molecule has 1 atom stereocenters. The van der Waals surface area contributed by atoms with Gasteiger partial charge in [0.15, 0.2) is 0 Å². The predicted molar refractivity (Wildman–Crippen MR) is 32.5 cm³/mol. The molecule has 0 heterocycles. The molecule has 0 bridgehead atoms. The molecular formula is C7H10O. The van der Waals surface area contributed by atoms with Crippen molar-refractivity contribution in [3.05, 3.63) is 12.2 Å². The molecule has 0 N–H and O–H groups in total. The molecule has 0 aromatic heterocycles. The lowest BCUT2D eigenvalue weighted by Gasteiger charge is -1.84. The minimum absolute atomic E-state index is 0.286. The van der Waals surface area contributed by atoms with E-state index in [9.17, 15) is 4.79 Å². The summed E-state index contributed by atoms with van der Waals surface area (Å²) in [6, 6.07) is 0. The molecule has 1 rings (SSSR count). The van der Waals surface area contributed by atoms with Crippen LogP contribution in [0.15, 0.2) is 12.2 Å². The molecule has 1 fully saturated rings. The number of Topliss-reactive ketones (excluding diaryl/α,β-unsaturated/α-hetero) is 1. The van der Waals surface area contributed by atoms with Crippen LogP contribution in [0.2, 0.25) is 0 Å². The molecule has 1 saturated carbocycles. The van der Waals surface area contributed by atoms with Crippen molar-refractivity contribution in [2.75, 3.05) is 0 Å². The summed E-state index contributed by atoms with van der Waals surface area (Å²) in [5.41, 5.74) is 1.25. The number of ketones is 1. The summed E-state index contributed by atoms with van der Waals surface area (Å²) in [5.74, 6) is 0.834. The van der Waals surface area contributed by atoms with Gasteiger partial charge in [0.2, 0.25) is 0 Å². The van der Waals surface area contributed by atoms with Crippen LogP contribution in [0.4, 0.5) is 0 Å². The second-order valence-corrected chi connectivity index (χ2v) is 2.47. The summed E-state index contributed by atoms with van der Waals surface area (Å²) in [7, 11) is 0. The van der Waals surface area contributed by atoms with Crippen LogP contribution >= 0.6 is 0 Å². The molecule has 44 valence electrons. The normalized spacial score (nSPS) is 25.6. The molecule has 0 radical (unpaired) electrons. The van der Waals surface area contributed by atoms with Gasteiger partial charge in [-0.1, -0.05) is 12.2 Å². The third kappa shape index (κ3) is 1.19. The number of hydrogen-bond donors (Lipinski definition) is 0. The standard InChI is InChI=1S/C7H10O/c1-5-3-7(5)4-6(2)8/h7H,1,3-4H2,2H3. The lowest BCUT2D eigenvalue weighted by molar-refractivity contribution is -0.117. The van der Waals surface area contributed by atoms with E-state index in [4.69, 9.17) is 0 Å². The Balaban J connectivity index is 2.23. The van der Waals surface area contributed by atoms with E-state index in [1.54, 1.807) is 6.92 Å². The van der Waals surface area contributed by atoms with Gasteiger partial charge in [0, 0.05) is 6.42 Å². The Hall–Kier alpha value is -0.590. The average Bonchev–Trinajstić information content (AvgIpc) is 2.17. The zero-order valence-corrected chi connectivity index (χ0v) is 5.11. The maximum atomic E-state index is 10.4. The fourth-order valence-electron chi connectivity index (χ4n) is 0.821. The van der Waals surface area contributed by atoms with Crippen LogP contribution in [0.1, 0.15) is 19.8 Å². The van der Waals surface area contributed by atoms with Gasteiger partial charge in [0.25, 0.3) is 0 Å². The summed E-state index contributed by atoms with van der Waals surface area (Å²) in [6.07, 6.45) is 1.80. The molecule has 0 saturated heterocycles. The first kappa shape index (κ1) is 5.54. The molecule has 8 heavy (non-hydrogen) atoms. The Morgan fingerprint density at radius 1 is 2.00 bits per heavy atom. The van der Waals surface area contributed by atoms with Gasteiger partial charge in [0.1, 0.15) is 5.78 Å². The molecule has 1 aliphatic rings. The Labute approximate surface area is 49.4 Å².